The highest BCUT2D eigenvalue weighted by Crippen LogP contribution is 2.32. The Bertz CT molecular complexity index is 1460. The van der Waals surface area contributed by atoms with Crippen molar-refractivity contribution in [2.45, 2.75) is 26.7 Å². The number of methoxy groups -OCH3 is 1. The quantitative estimate of drug-likeness (QED) is 0.288. The van der Waals surface area contributed by atoms with Gasteiger partial charge in [-0.05, 0) is 85.5 Å². The van der Waals surface area contributed by atoms with Crippen LogP contribution in [0.5, 0.6) is 5.75 Å². The number of para-hydroxylation sites is 1. The fourth-order valence-electron chi connectivity index (χ4n) is 4.02. The van der Waals surface area contributed by atoms with E-state index in [1.807, 2.05) is 42.5 Å². The van der Waals surface area contributed by atoms with Crippen molar-refractivity contribution < 1.29 is 17.9 Å². The number of aryl methyl sites for hydroxylation is 2. The number of hydrogen-bond donors (Lipinski definition) is 3. The van der Waals surface area contributed by atoms with Crippen molar-refractivity contribution in [3.8, 4) is 17.0 Å². The van der Waals surface area contributed by atoms with Crippen LogP contribution in [-0.4, -0.2) is 32.2 Å². The van der Waals surface area contributed by atoms with Crippen LogP contribution in [0.25, 0.3) is 22.2 Å². The molecule has 1 aromatic heterocycles. The number of hydrogen-bond acceptors (Lipinski definition) is 4. The molecular formula is C27H29N3O4S. The highest BCUT2D eigenvalue weighted by molar-refractivity contribution is 7.92. The molecule has 35 heavy (non-hydrogen) atoms. The number of benzene rings is 3. The third-order valence-electron chi connectivity index (χ3n) is 5.95. The third-order valence-corrected chi connectivity index (χ3v) is 7.24. The van der Waals surface area contributed by atoms with E-state index in [9.17, 15) is 13.2 Å². The lowest BCUT2D eigenvalue weighted by molar-refractivity contribution is -0.116. The maximum Gasteiger partial charge on any atom is 0.232 e. The minimum absolute atomic E-state index is 0.00270. The van der Waals surface area contributed by atoms with Crippen LogP contribution < -0.4 is 14.8 Å². The molecule has 3 aromatic carbocycles. The van der Waals surface area contributed by atoms with Crippen molar-refractivity contribution in [3.05, 3.63) is 77.9 Å². The first-order valence-corrected chi connectivity index (χ1v) is 13.1. The van der Waals surface area contributed by atoms with E-state index in [-0.39, 0.29) is 11.7 Å². The molecule has 1 amide bonds. The highest BCUT2D eigenvalue weighted by Gasteiger charge is 2.15. The molecule has 0 aliphatic carbocycles. The molecule has 7 nitrogen and oxygen atoms in total. The maximum absolute atomic E-state index is 12.8. The molecular weight excluding hydrogens is 462 g/mol. The summed E-state index contributed by atoms with van der Waals surface area (Å²) in [5, 5.41) is 4.02. The van der Waals surface area contributed by atoms with Crippen molar-refractivity contribution in [1.82, 2.24) is 4.98 Å². The van der Waals surface area contributed by atoms with Gasteiger partial charge in [-0.25, -0.2) is 8.42 Å². The lowest BCUT2D eigenvalue weighted by Crippen LogP contribution is -2.16. The molecule has 0 spiro atoms. The van der Waals surface area contributed by atoms with Crippen molar-refractivity contribution in [2.24, 2.45) is 0 Å². The Hall–Kier alpha value is -3.78. The van der Waals surface area contributed by atoms with Gasteiger partial charge in [0.25, 0.3) is 0 Å². The van der Waals surface area contributed by atoms with E-state index in [0.29, 0.717) is 24.2 Å². The summed E-state index contributed by atoms with van der Waals surface area (Å²) in [6.45, 7) is 3.39. The number of aromatic nitrogens is 1. The second-order valence-electron chi connectivity index (χ2n) is 8.34. The molecule has 0 aliphatic heterocycles. The fourth-order valence-corrected chi connectivity index (χ4v) is 4.73. The minimum atomic E-state index is -3.36. The summed E-state index contributed by atoms with van der Waals surface area (Å²) in [6.07, 6.45) is 0.860. The fraction of sp³-hybridized carbons (Fsp3) is 0.222. The Morgan fingerprint density at radius 3 is 2.46 bits per heavy atom. The molecule has 4 aromatic rings. The van der Waals surface area contributed by atoms with Gasteiger partial charge in [0.05, 0.1) is 18.6 Å². The molecule has 4 rings (SSSR count). The van der Waals surface area contributed by atoms with Gasteiger partial charge in [0.1, 0.15) is 5.75 Å². The van der Waals surface area contributed by atoms with Gasteiger partial charge >= 0.3 is 0 Å². The number of rotatable bonds is 9. The van der Waals surface area contributed by atoms with E-state index in [4.69, 9.17) is 4.74 Å². The van der Waals surface area contributed by atoms with Crippen LogP contribution in [0.2, 0.25) is 0 Å². The molecule has 0 aliphatic rings. The number of ether oxygens (including phenoxy) is 1. The van der Waals surface area contributed by atoms with Crippen LogP contribution in [-0.2, 0) is 21.2 Å². The maximum atomic E-state index is 12.8. The third kappa shape index (κ3) is 5.66. The lowest BCUT2D eigenvalue weighted by atomic mass is 10.0. The van der Waals surface area contributed by atoms with E-state index < -0.39 is 10.0 Å². The number of carbonyl (C=O) groups excluding carboxylic acids is 1. The Kier molecular flexibility index (Phi) is 7.12. The molecule has 0 atom stereocenters. The van der Waals surface area contributed by atoms with Gasteiger partial charge in [-0.15, -0.1) is 0 Å². The molecule has 1 heterocycles. The van der Waals surface area contributed by atoms with Crippen LogP contribution in [0.3, 0.4) is 0 Å². The van der Waals surface area contributed by atoms with Gasteiger partial charge in [0.15, 0.2) is 0 Å². The molecule has 0 bridgehead atoms. The Morgan fingerprint density at radius 2 is 1.77 bits per heavy atom. The molecule has 8 heteroatoms. The number of amides is 1. The van der Waals surface area contributed by atoms with Crippen molar-refractivity contribution in [2.75, 3.05) is 22.9 Å². The number of fused-ring (bicyclic) bond motifs is 1. The van der Waals surface area contributed by atoms with E-state index in [1.54, 1.807) is 39.2 Å². The minimum Gasteiger partial charge on any atom is -0.497 e. The molecule has 0 saturated carbocycles. The molecule has 0 unspecified atom stereocenters. The molecule has 0 fully saturated rings. The van der Waals surface area contributed by atoms with Gasteiger partial charge in [0, 0.05) is 28.7 Å². The molecule has 0 radical (unpaired) electrons. The van der Waals surface area contributed by atoms with E-state index >= 15 is 0 Å². The van der Waals surface area contributed by atoms with E-state index in [0.717, 1.165) is 39.0 Å². The zero-order valence-corrected chi connectivity index (χ0v) is 20.8. The number of sulfonamides is 1. The zero-order valence-electron chi connectivity index (χ0n) is 20.0. The average Bonchev–Trinajstić information content (AvgIpc) is 3.23. The van der Waals surface area contributed by atoms with Gasteiger partial charge in [-0.3, -0.25) is 9.52 Å². The largest absolute Gasteiger partial charge is 0.497 e. The van der Waals surface area contributed by atoms with Crippen LogP contribution >= 0.6 is 0 Å². The lowest BCUT2D eigenvalue weighted by Gasteiger charge is -2.12. The second-order valence-corrected chi connectivity index (χ2v) is 10.3. The van der Waals surface area contributed by atoms with E-state index in [2.05, 4.69) is 21.1 Å². The first-order valence-electron chi connectivity index (χ1n) is 11.4. The normalized spacial score (nSPS) is 11.4. The molecule has 3 N–H and O–H groups in total. The summed E-state index contributed by atoms with van der Waals surface area (Å²) in [7, 11) is -1.72. The molecule has 0 saturated heterocycles. The van der Waals surface area contributed by atoms with Gasteiger partial charge < -0.3 is 15.0 Å². The second kappa shape index (κ2) is 10.2. The Balaban J connectivity index is 1.50. The summed E-state index contributed by atoms with van der Waals surface area (Å²) in [6, 6.07) is 21.1. The van der Waals surface area contributed by atoms with Crippen LogP contribution in [0.4, 0.5) is 11.4 Å². The van der Waals surface area contributed by atoms with Gasteiger partial charge in [-0.1, -0.05) is 18.2 Å². The summed E-state index contributed by atoms with van der Waals surface area (Å²) in [5.41, 5.74) is 5.99. The van der Waals surface area contributed by atoms with Gasteiger partial charge in [0.2, 0.25) is 15.9 Å². The summed E-state index contributed by atoms with van der Waals surface area (Å²) < 4.78 is 31.5. The highest BCUT2D eigenvalue weighted by atomic mass is 32.2. The monoisotopic (exact) mass is 491 g/mol. The summed E-state index contributed by atoms with van der Waals surface area (Å²) >= 11 is 0. The number of nitrogens with one attached hydrogen (secondary N) is 3. The van der Waals surface area contributed by atoms with Crippen LogP contribution in [0, 0.1) is 6.92 Å². The van der Waals surface area contributed by atoms with Crippen molar-refractivity contribution in [3.63, 3.8) is 0 Å². The number of anilines is 2. The summed E-state index contributed by atoms with van der Waals surface area (Å²) in [4.78, 5) is 16.3. The predicted octanol–water partition coefficient (Wildman–Crippen LogP) is 5.48. The average molecular weight is 492 g/mol. The Labute approximate surface area is 205 Å². The number of aromatic amines is 1. The van der Waals surface area contributed by atoms with Crippen molar-refractivity contribution in [1.29, 1.82) is 0 Å². The predicted molar refractivity (Wildman–Crippen MR) is 141 cm³/mol. The van der Waals surface area contributed by atoms with E-state index in [1.165, 1.54) is 0 Å². The SMILES string of the molecule is CCS(=O)(=O)Nc1ccc(NC(=O)CCc2c(-c3ccc(OC)cc3)[nH]c3ccccc23)cc1C. The smallest absolute Gasteiger partial charge is 0.232 e. The van der Waals surface area contributed by atoms with Gasteiger partial charge in [-0.2, -0.15) is 0 Å². The van der Waals surface area contributed by atoms with Crippen molar-refractivity contribution >= 4 is 38.2 Å². The van der Waals surface area contributed by atoms with Crippen LogP contribution in [0.1, 0.15) is 24.5 Å². The first-order chi connectivity index (χ1) is 16.8. The standard InChI is InChI=1S/C27H29N3O4S/c1-4-35(32,33)30-24-15-11-20(17-18(24)2)28-26(31)16-14-23-22-7-5-6-8-25(22)29-27(23)19-9-12-21(34-3)13-10-19/h5-13,15,17,29-30H,4,14,16H2,1-3H3,(H,28,31). The number of carbonyl (C=O) groups is 1. The topological polar surface area (TPSA) is 100 Å². The zero-order chi connectivity index (χ0) is 25.0. The number of H-pyrrole nitrogens is 1. The Morgan fingerprint density at radius 1 is 1.03 bits per heavy atom. The summed E-state index contributed by atoms with van der Waals surface area (Å²) in [5.74, 6) is 0.670. The molecule has 182 valence electrons. The first kappa shape index (κ1) is 24.3. The van der Waals surface area contributed by atoms with Crippen LogP contribution in [0.15, 0.2) is 66.7 Å².